The largest absolute Gasteiger partial charge is 0.363 e. The van der Waals surface area contributed by atoms with E-state index in [4.69, 9.17) is 0 Å². The molecule has 2 unspecified atom stereocenters. The molecule has 1 aromatic heterocycles. The van der Waals surface area contributed by atoms with Crippen molar-refractivity contribution in [3.05, 3.63) is 22.7 Å². The molecule has 0 spiro atoms. The Kier molecular flexibility index (Phi) is 5.52. The van der Waals surface area contributed by atoms with Crippen LogP contribution in [-0.2, 0) is 6.54 Å². The lowest BCUT2D eigenvalue weighted by molar-refractivity contribution is 0.470. The zero-order valence-corrected chi connectivity index (χ0v) is 13.4. The topological polar surface area (TPSA) is 46.9 Å². The first-order chi connectivity index (χ1) is 9.60. The van der Waals surface area contributed by atoms with Crippen molar-refractivity contribution < 1.29 is 0 Å². The summed E-state index contributed by atoms with van der Waals surface area (Å²) in [5.74, 6) is 0.971. The normalized spacial score (nSPS) is 23.0. The molecule has 20 heavy (non-hydrogen) atoms. The van der Waals surface area contributed by atoms with Crippen LogP contribution < -0.4 is 10.9 Å². The number of hydrogen-bond donors (Lipinski definition) is 1. The van der Waals surface area contributed by atoms with Gasteiger partial charge in [0, 0.05) is 30.2 Å². The van der Waals surface area contributed by atoms with Gasteiger partial charge in [-0.25, -0.2) is 4.98 Å². The molecule has 1 aromatic rings. The molecule has 1 aliphatic rings. The Hall–Kier alpha value is -0.970. The molecular formula is C15H25N3OS. The molecule has 1 saturated carbocycles. The summed E-state index contributed by atoms with van der Waals surface area (Å²) in [6.07, 6.45) is 10.5. The smallest absolute Gasteiger partial charge is 0.293 e. The summed E-state index contributed by atoms with van der Waals surface area (Å²) in [5, 5.41) is 4.08. The van der Waals surface area contributed by atoms with E-state index >= 15 is 0 Å². The first-order valence-corrected chi connectivity index (χ1v) is 8.73. The van der Waals surface area contributed by atoms with Crippen molar-refractivity contribution in [2.75, 3.05) is 11.6 Å². The van der Waals surface area contributed by atoms with Gasteiger partial charge in [-0.05, 0) is 31.4 Å². The summed E-state index contributed by atoms with van der Waals surface area (Å²) < 4.78 is 1.76. The fourth-order valence-corrected chi connectivity index (χ4v) is 3.59. The maximum Gasteiger partial charge on any atom is 0.293 e. The number of hydrogen-bond acceptors (Lipinski definition) is 4. The van der Waals surface area contributed by atoms with Crippen molar-refractivity contribution in [1.82, 2.24) is 9.55 Å². The first kappa shape index (κ1) is 15.4. The molecule has 1 aliphatic carbocycles. The minimum Gasteiger partial charge on any atom is -0.363 e. The van der Waals surface area contributed by atoms with E-state index in [9.17, 15) is 4.79 Å². The van der Waals surface area contributed by atoms with Gasteiger partial charge in [0.05, 0.1) is 0 Å². The van der Waals surface area contributed by atoms with Crippen LogP contribution in [-0.4, -0.2) is 27.1 Å². The molecule has 2 rings (SSSR count). The molecule has 1 fully saturated rings. The molecule has 1 N–H and O–H groups in total. The molecule has 0 radical (unpaired) electrons. The molecule has 0 amide bonds. The van der Waals surface area contributed by atoms with E-state index in [1.807, 2.05) is 11.8 Å². The minimum atomic E-state index is 0.00692. The van der Waals surface area contributed by atoms with Gasteiger partial charge in [0.1, 0.15) is 0 Å². The average molecular weight is 295 g/mol. The van der Waals surface area contributed by atoms with Crippen molar-refractivity contribution in [2.24, 2.45) is 5.92 Å². The number of anilines is 1. The Morgan fingerprint density at radius 3 is 3.00 bits per heavy atom. The number of nitrogens with one attached hydrogen (secondary N) is 1. The third kappa shape index (κ3) is 4.01. The zero-order chi connectivity index (χ0) is 14.5. The highest BCUT2D eigenvalue weighted by molar-refractivity contribution is 7.99. The lowest BCUT2D eigenvalue weighted by Crippen LogP contribution is -2.33. The predicted octanol–water partition coefficient (Wildman–Crippen LogP) is 2.99. The quantitative estimate of drug-likeness (QED) is 0.907. The van der Waals surface area contributed by atoms with Gasteiger partial charge < -0.3 is 9.88 Å². The van der Waals surface area contributed by atoms with Crippen LogP contribution in [0.25, 0.3) is 0 Å². The van der Waals surface area contributed by atoms with Crippen LogP contribution in [0.5, 0.6) is 0 Å². The van der Waals surface area contributed by atoms with Crippen LogP contribution in [0.3, 0.4) is 0 Å². The van der Waals surface area contributed by atoms with Gasteiger partial charge in [0.2, 0.25) is 0 Å². The Balaban J connectivity index is 2.07. The molecule has 0 aromatic carbocycles. The molecule has 112 valence electrons. The fraction of sp³-hybridized carbons (Fsp3) is 0.733. The van der Waals surface area contributed by atoms with Crippen molar-refractivity contribution in [2.45, 2.75) is 57.4 Å². The number of rotatable bonds is 5. The Bertz CT molecular complexity index is 486. The van der Waals surface area contributed by atoms with E-state index in [2.05, 4.69) is 30.4 Å². The summed E-state index contributed by atoms with van der Waals surface area (Å²) in [6, 6.07) is 0.385. The number of thioether (sulfide) groups is 1. The van der Waals surface area contributed by atoms with Crippen molar-refractivity contribution in [1.29, 1.82) is 0 Å². The van der Waals surface area contributed by atoms with Gasteiger partial charge >= 0.3 is 0 Å². The SMILES string of the molecule is CSC1CCCC(Nc2nccn(CC(C)C)c2=O)C1. The summed E-state index contributed by atoms with van der Waals surface area (Å²) in [4.78, 5) is 16.6. The molecule has 1 heterocycles. The monoisotopic (exact) mass is 295 g/mol. The summed E-state index contributed by atoms with van der Waals surface area (Å²) in [5.41, 5.74) is 0.00692. The van der Waals surface area contributed by atoms with E-state index in [0.29, 0.717) is 23.0 Å². The third-order valence-corrected chi connectivity index (χ3v) is 4.87. The van der Waals surface area contributed by atoms with E-state index in [1.54, 1.807) is 17.0 Å². The Morgan fingerprint density at radius 1 is 1.50 bits per heavy atom. The van der Waals surface area contributed by atoms with Crippen LogP contribution in [0, 0.1) is 5.92 Å². The van der Waals surface area contributed by atoms with Gasteiger partial charge in [-0.15, -0.1) is 0 Å². The van der Waals surface area contributed by atoms with E-state index in [-0.39, 0.29) is 5.56 Å². The Labute approximate surface area is 125 Å². The molecule has 0 saturated heterocycles. The van der Waals surface area contributed by atoms with Crippen molar-refractivity contribution in [3.8, 4) is 0 Å². The van der Waals surface area contributed by atoms with Gasteiger partial charge in [-0.1, -0.05) is 20.3 Å². The highest BCUT2D eigenvalue weighted by atomic mass is 32.2. The maximum atomic E-state index is 12.4. The second-order valence-corrected chi connectivity index (χ2v) is 7.13. The van der Waals surface area contributed by atoms with Crippen LogP contribution >= 0.6 is 11.8 Å². The molecule has 0 aliphatic heterocycles. The Morgan fingerprint density at radius 2 is 2.30 bits per heavy atom. The molecular weight excluding hydrogens is 270 g/mol. The molecule has 2 atom stereocenters. The van der Waals surface area contributed by atoms with Crippen molar-refractivity contribution >= 4 is 17.6 Å². The van der Waals surface area contributed by atoms with E-state index < -0.39 is 0 Å². The zero-order valence-electron chi connectivity index (χ0n) is 12.6. The van der Waals surface area contributed by atoms with Gasteiger partial charge in [-0.2, -0.15) is 11.8 Å². The summed E-state index contributed by atoms with van der Waals surface area (Å²) in [6.45, 7) is 4.97. The average Bonchev–Trinajstić information content (AvgIpc) is 2.43. The van der Waals surface area contributed by atoms with Gasteiger partial charge in [-0.3, -0.25) is 4.79 Å². The summed E-state index contributed by atoms with van der Waals surface area (Å²) in [7, 11) is 0. The maximum absolute atomic E-state index is 12.4. The predicted molar refractivity (Wildman–Crippen MR) is 86.5 cm³/mol. The second-order valence-electron chi connectivity index (χ2n) is 5.99. The molecule has 0 bridgehead atoms. The number of aromatic nitrogens is 2. The van der Waals surface area contributed by atoms with Crippen LogP contribution in [0.15, 0.2) is 17.2 Å². The van der Waals surface area contributed by atoms with E-state index in [0.717, 1.165) is 19.4 Å². The lowest BCUT2D eigenvalue weighted by atomic mass is 9.95. The van der Waals surface area contributed by atoms with Crippen LogP contribution in [0.2, 0.25) is 0 Å². The van der Waals surface area contributed by atoms with Gasteiger partial charge in [0.15, 0.2) is 5.82 Å². The van der Waals surface area contributed by atoms with Crippen LogP contribution in [0.4, 0.5) is 5.82 Å². The summed E-state index contributed by atoms with van der Waals surface area (Å²) >= 11 is 1.93. The second kappa shape index (κ2) is 7.16. The van der Waals surface area contributed by atoms with Gasteiger partial charge in [0.25, 0.3) is 5.56 Å². The lowest BCUT2D eigenvalue weighted by Gasteiger charge is -2.28. The van der Waals surface area contributed by atoms with Crippen LogP contribution in [0.1, 0.15) is 39.5 Å². The molecule has 4 nitrogen and oxygen atoms in total. The minimum absolute atomic E-state index is 0.00692. The highest BCUT2D eigenvalue weighted by Crippen LogP contribution is 2.28. The highest BCUT2D eigenvalue weighted by Gasteiger charge is 2.22. The number of nitrogens with zero attached hydrogens (tertiary/aromatic N) is 2. The van der Waals surface area contributed by atoms with E-state index in [1.165, 1.54) is 12.8 Å². The standard InChI is InChI=1S/C15H25N3OS/c1-11(2)10-18-8-7-16-14(15(18)19)17-12-5-4-6-13(9-12)20-3/h7-8,11-13H,4-6,9-10H2,1-3H3,(H,16,17). The molecule has 5 heteroatoms. The third-order valence-electron chi connectivity index (χ3n) is 3.78. The van der Waals surface area contributed by atoms with Crippen molar-refractivity contribution in [3.63, 3.8) is 0 Å². The first-order valence-electron chi connectivity index (χ1n) is 7.45. The fourth-order valence-electron chi connectivity index (χ4n) is 2.77.